The zero-order chi connectivity index (χ0) is 15.1. The van der Waals surface area contributed by atoms with Crippen LogP contribution in [0.15, 0.2) is 36.6 Å². The van der Waals surface area contributed by atoms with Crippen molar-refractivity contribution in [1.29, 1.82) is 0 Å². The minimum Gasteiger partial charge on any atom is -0.367 e. The Balaban J connectivity index is 5.43. The molecule has 0 amide bonds. The summed E-state index contributed by atoms with van der Waals surface area (Å²) in [5.41, 5.74) is -0.620. The molecule has 0 N–H and O–H groups in total. The van der Waals surface area contributed by atoms with E-state index >= 15 is 0 Å². The highest BCUT2D eigenvalue weighted by Crippen LogP contribution is 2.33. The second-order valence-electron chi connectivity index (χ2n) is 4.53. The van der Waals surface area contributed by atoms with Gasteiger partial charge < -0.3 is 4.90 Å². The number of unbranched alkanes of at least 4 members (excludes halogenated alkanes) is 1. The molecule has 1 atom stereocenters. The molecular formula is C15H24F3N. The van der Waals surface area contributed by atoms with E-state index in [0.717, 1.165) is 19.3 Å². The first-order valence-electron chi connectivity index (χ1n) is 6.62. The van der Waals surface area contributed by atoms with Crippen molar-refractivity contribution in [2.75, 3.05) is 7.05 Å². The van der Waals surface area contributed by atoms with Crippen molar-refractivity contribution in [3.63, 3.8) is 0 Å². The van der Waals surface area contributed by atoms with Crippen LogP contribution in [0.4, 0.5) is 13.2 Å². The largest absolute Gasteiger partial charge is 0.431 e. The van der Waals surface area contributed by atoms with Crippen LogP contribution in [0.25, 0.3) is 0 Å². The first-order chi connectivity index (χ1) is 8.83. The van der Waals surface area contributed by atoms with E-state index in [4.69, 9.17) is 0 Å². The van der Waals surface area contributed by atoms with E-state index in [1.807, 2.05) is 13.8 Å². The molecule has 0 heterocycles. The molecule has 0 aromatic rings. The third kappa shape index (κ3) is 5.13. The normalized spacial score (nSPS) is 12.7. The highest BCUT2D eigenvalue weighted by molar-refractivity contribution is 5.35. The van der Waals surface area contributed by atoms with Crippen LogP contribution in [0.1, 0.15) is 39.5 Å². The molecule has 19 heavy (non-hydrogen) atoms. The number of alkyl halides is 3. The third-order valence-corrected chi connectivity index (χ3v) is 3.24. The second kappa shape index (κ2) is 8.08. The third-order valence-electron chi connectivity index (χ3n) is 3.24. The van der Waals surface area contributed by atoms with E-state index < -0.39 is 11.9 Å². The maximum atomic E-state index is 13.2. The Labute approximate surface area is 114 Å². The molecule has 0 aliphatic rings. The number of nitrogens with zero attached hydrogens (tertiary/aromatic N) is 1. The molecule has 1 unspecified atom stereocenters. The average Bonchev–Trinajstić information content (AvgIpc) is 2.34. The Bertz CT molecular complexity index is 319. The fourth-order valence-corrected chi connectivity index (χ4v) is 2.14. The summed E-state index contributed by atoms with van der Waals surface area (Å²) >= 11 is 0. The van der Waals surface area contributed by atoms with E-state index in [2.05, 4.69) is 13.2 Å². The highest BCUT2D eigenvalue weighted by atomic mass is 19.4. The summed E-state index contributed by atoms with van der Waals surface area (Å²) < 4.78 is 39.7. The van der Waals surface area contributed by atoms with Crippen molar-refractivity contribution in [1.82, 2.24) is 4.90 Å². The minimum atomic E-state index is -4.40. The quantitative estimate of drug-likeness (QED) is 0.559. The summed E-state index contributed by atoms with van der Waals surface area (Å²) in [6, 6.07) is -0.119. The zero-order valence-corrected chi connectivity index (χ0v) is 12.1. The van der Waals surface area contributed by atoms with Gasteiger partial charge in [-0.15, -0.1) is 0 Å². The van der Waals surface area contributed by atoms with Gasteiger partial charge in [0.15, 0.2) is 0 Å². The number of allylic oxidation sites excluding steroid dienone is 4. The van der Waals surface area contributed by atoms with Crippen molar-refractivity contribution in [2.45, 2.75) is 51.7 Å². The fraction of sp³-hybridized carbons (Fsp3) is 0.600. The highest BCUT2D eigenvalue weighted by Gasteiger charge is 2.39. The molecule has 110 valence electrons. The molecule has 1 nitrogen and oxygen atoms in total. The number of rotatable bonds is 8. The SMILES string of the molecule is C=CC(C=C)=C(N(C)C(CC)CCCC)C(F)(F)F. The number of hydrogen-bond donors (Lipinski definition) is 0. The average molecular weight is 275 g/mol. The minimum absolute atomic E-state index is 0.0324. The van der Waals surface area contributed by atoms with Crippen molar-refractivity contribution >= 4 is 0 Å². The van der Waals surface area contributed by atoms with Gasteiger partial charge in [-0.05, 0) is 12.8 Å². The van der Waals surface area contributed by atoms with Gasteiger partial charge in [0.05, 0.1) is 0 Å². The summed E-state index contributed by atoms with van der Waals surface area (Å²) in [4.78, 5) is 1.33. The van der Waals surface area contributed by atoms with Gasteiger partial charge in [0, 0.05) is 18.7 Å². The van der Waals surface area contributed by atoms with Gasteiger partial charge in [-0.3, -0.25) is 0 Å². The van der Waals surface area contributed by atoms with Crippen LogP contribution in [0, 0.1) is 0 Å². The van der Waals surface area contributed by atoms with E-state index in [-0.39, 0.29) is 11.6 Å². The predicted molar refractivity (Wildman–Crippen MR) is 74.8 cm³/mol. The van der Waals surface area contributed by atoms with E-state index in [0.29, 0.717) is 6.42 Å². The van der Waals surface area contributed by atoms with Crippen LogP contribution in [-0.2, 0) is 0 Å². The molecule has 0 spiro atoms. The Hall–Kier alpha value is -1.19. The summed E-state index contributed by atoms with van der Waals surface area (Å²) in [6.07, 6.45) is 1.35. The molecule has 0 rings (SSSR count). The number of hydrogen-bond acceptors (Lipinski definition) is 1. The summed E-state index contributed by atoms with van der Waals surface area (Å²) in [5.74, 6) is 0. The monoisotopic (exact) mass is 275 g/mol. The van der Waals surface area contributed by atoms with Gasteiger partial charge in [0.25, 0.3) is 0 Å². The van der Waals surface area contributed by atoms with Crippen LogP contribution < -0.4 is 0 Å². The van der Waals surface area contributed by atoms with E-state index in [9.17, 15) is 13.2 Å². The van der Waals surface area contributed by atoms with Crippen molar-refractivity contribution in [3.05, 3.63) is 36.6 Å². The molecule has 0 aliphatic carbocycles. The molecule has 0 radical (unpaired) electrons. The first-order valence-corrected chi connectivity index (χ1v) is 6.62. The van der Waals surface area contributed by atoms with Crippen LogP contribution in [0.5, 0.6) is 0 Å². The maximum absolute atomic E-state index is 13.2. The van der Waals surface area contributed by atoms with Gasteiger partial charge >= 0.3 is 6.18 Å². The molecule has 0 fully saturated rings. The molecule has 0 aromatic carbocycles. The number of halogens is 3. The fourth-order valence-electron chi connectivity index (χ4n) is 2.14. The van der Waals surface area contributed by atoms with Crippen LogP contribution in [-0.4, -0.2) is 24.2 Å². The molecule has 0 saturated heterocycles. The van der Waals surface area contributed by atoms with Crippen molar-refractivity contribution < 1.29 is 13.2 Å². The summed E-state index contributed by atoms with van der Waals surface area (Å²) in [5, 5.41) is 0. The molecular weight excluding hydrogens is 251 g/mol. The Morgan fingerprint density at radius 1 is 1.21 bits per heavy atom. The van der Waals surface area contributed by atoms with Gasteiger partial charge in [-0.1, -0.05) is 52.0 Å². The smallest absolute Gasteiger partial charge is 0.367 e. The summed E-state index contributed by atoms with van der Waals surface area (Å²) in [7, 11) is 1.50. The van der Waals surface area contributed by atoms with E-state index in [1.54, 1.807) is 0 Å². The zero-order valence-electron chi connectivity index (χ0n) is 12.1. The van der Waals surface area contributed by atoms with Crippen molar-refractivity contribution in [3.8, 4) is 0 Å². The lowest BCUT2D eigenvalue weighted by Gasteiger charge is -2.33. The maximum Gasteiger partial charge on any atom is 0.431 e. The Morgan fingerprint density at radius 3 is 2.05 bits per heavy atom. The topological polar surface area (TPSA) is 3.24 Å². The van der Waals surface area contributed by atoms with Gasteiger partial charge in [-0.25, -0.2) is 0 Å². The van der Waals surface area contributed by atoms with Crippen molar-refractivity contribution in [2.24, 2.45) is 0 Å². The molecule has 0 saturated carbocycles. The molecule has 0 aromatic heterocycles. The molecule has 0 bridgehead atoms. The standard InChI is InChI=1S/C15H24F3N/c1-6-10-11-13(9-4)19(5)14(15(16,17)18)12(7-2)8-3/h7-8,13H,2-3,6,9-11H2,1,4-5H3. The van der Waals surface area contributed by atoms with E-state index in [1.165, 1.54) is 24.1 Å². The van der Waals surface area contributed by atoms with Gasteiger partial charge in [0.1, 0.15) is 5.70 Å². The predicted octanol–water partition coefficient (Wildman–Crippen LogP) is 5.08. The first kappa shape index (κ1) is 17.8. The van der Waals surface area contributed by atoms with Crippen LogP contribution in [0.2, 0.25) is 0 Å². The Kier molecular flexibility index (Phi) is 7.57. The van der Waals surface area contributed by atoms with Crippen LogP contribution >= 0.6 is 0 Å². The van der Waals surface area contributed by atoms with Crippen LogP contribution in [0.3, 0.4) is 0 Å². The van der Waals surface area contributed by atoms with Gasteiger partial charge in [-0.2, -0.15) is 13.2 Å². The summed E-state index contributed by atoms with van der Waals surface area (Å²) in [6.45, 7) is 10.8. The lowest BCUT2D eigenvalue weighted by atomic mass is 10.0. The molecule has 4 heteroatoms. The molecule has 0 aliphatic heterocycles. The second-order valence-corrected chi connectivity index (χ2v) is 4.53. The Morgan fingerprint density at radius 2 is 1.74 bits per heavy atom. The van der Waals surface area contributed by atoms with Gasteiger partial charge in [0.2, 0.25) is 0 Å². The lowest BCUT2D eigenvalue weighted by molar-refractivity contribution is -0.113. The lowest BCUT2D eigenvalue weighted by Crippen LogP contribution is -2.37.